The van der Waals surface area contributed by atoms with Gasteiger partial charge in [0, 0.05) is 21.4 Å². The Morgan fingerprint density at radius 1 is 1.16 bits per heavy atom. The van der Waals surface area contributed by atoms with E-state index in [0.717, 1.165) is 0 Å². The summed E-state index contributed by atoms with van der Waals surface area (Å²) in [7, 11) is 0. The minimum Gasteiger partial charge on any atom is -0.449 e. The number of nitrogens with one attached hydrogen (secondary N) is 1. The summed E-state index contributed by atoms with van der Waals surface area (Å²) in [5.74, 6) is -1.32. The number of ether oxygens (including phenoxy) is 1. The Balaban J connectivity index is 2.05. The largest absolute Gasteiger partial charge is 0.449 e. The van der Waals surface area contributed by atoms with Gasteiger partial charge in [-0.25, -0.2) is 4.79 Å². The number of carbonyl (C=O) groups is 3. The number of ketones is 1. The van der Waals surface area contributed by atoms with Crippen molar-refractivity contribution in [3.05, 3.63) is 58.1 Å². The first-order valence-corrected chi connectivity index (χ1v) is 8.25. The van der Waals surface area contributed by atoms with Crippen LogP contribution < -0.4 is 11.1 Å². The summed E-state index contributed by atoms with van der Waals surface area (Å²) in [5.41, 5.74) is 7.11. The molecule has 0 unspecified atom stereocenters. The molecule has 0 heterocycles. The number of amides is 1. The number of nitrogens with two attached hydrogens (primary N) is 1. The minimum atomic E-state index is -1.04. The number of benzene rings is 2. The maximum atomic E-state index is 12.2. The molecule has 0 spiro atoms. The molecule has 0 aliphatic rings. The number of nitrogen functional groups attached to an aromatic ring is 1. The van der Waals surface area contributed by atoms with Crippen molar-refractivity contribution < 1.29 is 19.1 Å². The molecule has 0 fully saturated rings. The van der Waals surface area contributed by atoms with Gasteiger partial charge >= 0.3 is 5.97 Å². The van der Waals surface area contributed by atoms with Gasteiger partial charge in [0.05, 0.1) is 5.56 Å². The van der Waals surface area contributed by atoms with Crippen LogP contribution in [0.4, 0.5) is 11.4 Å². The lowest BCUT2D eigenvalue weighted by molar-refractivity contribution is -0.123. The number of carbonyl (C=O) groups excluding carboxylic acids is 3. The van der Waals surface area contributed by atoms with Gasteiger partial charge in [-0.05, 0) is 44.2 Å². The van der Waals surface area contributed by atoms with E-state index in [-0.39, 0.29) is 17.0 Å². The Kier molecular flexibility index (Phi) is 5.93. The van der Waals surface area contributed by atoms with Gasteiger partial charge in [-0.15, -0.1) is 0 Å². The van der Waals surface area contributed by atoms with E-state index in [4.69, 9.17) is 10.5 Å². The molecule has 130 valence electrons. The first-order valence-electron chi connectivity index (χ1n) is 7.46. The van der Waals surface area contributed by atoms with Gasteiger partial charge < -0.3 is 15.8 Å². The van der Waals surface area contributed by atoms with Crippen LogP contribution in [0, 0.1) is 0 Å². The second-order valence-electron chi connectivity index (χ2n) is 5.41. The quantitative estimate of drug-likeness (QED) is 0.451. The third-order valence-corrected chi connectivity index (χ3v) is 3.92. The van der Waals surface area contributed by atoms with Crippen LogP contribution in [0.2, 0.25) is 0 Å². The van der Waals surface area contributed by atoms with Crippen LogP contribution in [0.3, 0.4) is 0 Å². The summed E-state index contributed by atoms with van der Waals surface area (Å²) in [4.78, 5) is 35.8. The molecule has 3 N–H and O–H groups in total. The Hall–Kier alpha value is -2.67. The molecule has 0 radical (unpaired) electrons. The van der Waals surface area contributed by atoms with Gasteiger partial charge in [-0.3, -0.25) is 9.59 Å². The highest BCUT2D eigenvalue weighted by atomic mass is 79.9. The summed E-state index contributed by atoms with van der Waals surface area (Å²) in [6, 6.07) is 11.3. The van der Waals surface area contributed by atoms with Gasteiger partial charge in [-0.2, -0.15) is 0 Å². The molecule has 2 aromatic rings. The van der Waals surface area contributed by atoms with Crippen LogP contribution in [-0.2, 0) is 9.53 Å². The average Bonchev–Trinajstić information content (AvgIpc) is 2.57. The van der Waals surface area contributed by atoms with Crippen LogP contribution in [-0.4, -0.2) is 23.8 Å². The molecule has 0 aliphatic carbocycles. The van der Waals surface area contributed by atoms with E-state index in [0.29, 0.717) is 15.7 Å². The molecule has 0 aliphatic heterocycles. The molecule has 1 atom stereocenters. The van der Waals surface area contributed by atoms with Gasteiger partial charge in [0.2, 0.25) is 0 Å². The fraction of sp³-hybridized carbons (Fsp3) is 0.167. The monoisotopic (exact) mass is 404 g/mol. The number of Topliss-reactive ketones (excluding diaryl/α,β-unsaturated/α-hetero) is 1. The Labute approximate surface area is 153 Å². The summed E-state index contributed by atoms with van der Waals surface area (Å²) in [6.07, 6.45) is -1.04. The zero-order valence-corrected chi connectivity index (χ0v) is 15.3. The Bertz CT molecular complexity index is 836. The van der Waals surface area contributed by atoms with Gasteiger partial charge in [0.15, 0.2) is 11.9 Å². The van der Waals surface area contributed by atoms with Crippen LogP contribution in [0.25, 0.3) is 0 Å². The van der Waals surface area contributed by atoms with Crippen LogP contribution in [0.15, 0.2) is 46.9 Å². The molecular formula is C18H17BrN2O4. The van der Waals surface area contributed by atoms with Gasteiger partial charge in [-0.1, -0.05) is 28.1 Å². The predicted molar refractivity (Wildman–Crippen MR) is 98.5 cm³/mol. The normalized spacial score (nSPS) is 11.5. The topological polar surface area (TPSA) is 98.5 Å². The number of halogens is 1. The van der Waals surface area contributed by atoms with E-state index in [9.17, 15) is 14.4 Å². The summed E-state index contributed by atoms with van der Waals surface area (Å²) >= 11 is 3.25. The van der Waals surface area contributed by atoms with E-state index in [1.807, 2.05) is 0 Å². The highest BCUT2D eigenvalue weighted by molar-refractivity contribution is 9.10. The van der Waals surface area contributed by atoms with Crippen LogP contribution in [0.1, 0.15) is 34.6 Å². The highest BCUT2D eigenvalue weighted by Crippen LogP contribution is 2.20. The molecule has 25 heavy (non-hydrogen) atoms. The van der Waals surface area contributed by atoms with Crippen molar-refractivity contribution in [3.8, 4) is 0 Å². The SMILES string of the molecule is CC(=O)c1cccc(NC(=O)[C@@H](C)OC(=O)c2cc(Br)ccc2N)c1. The molecule has 2 aromatic carbocycles. The van der Waals surface area contributed by atoms with E-state index in [2.05, 4.69) is 21.2 Å². The van der Waals surface area contributed by atoms with Crippen molar-refractivity contribution in [2.45, 2.75) is 20.0 Å². The second kappa shape index (κ2) is 7.94. The van der Waals surface area contributed by atoms with Gasteiger partial charge in [0.1, 0.15) is 0 Å². The molecule has 0 aromatic heterocycles. The fourth-order valence-corrected chi connectivity index (χ4v) is 2.40. The molecule has 0 saturated carbocycles. The average molecular weight is 405 g/mol. The Morgan fingerprint density at radius 2 is 1.88 bits per heavy atom. The zero-order chi connectivity index (χ0) is 18.6. The number of rotatable bonds is 5. The lowest BCUT2D eigenvalue weighted by atomic mass is 10.1. The molecule has 7 heteroatoms. The highest BCUT2D eigenvalue weighted by Gasteiger charge is 2.21. The van der Waals surface area contributed by atoms with Crippen LogP contribution >= 0.6 is 15.9 Å². The molecule has 1 amide bonds. The van der Waals surface area contributed by atoms with Crippen molar-refractivity contribution in [3.63, 3.8) is 0 Å². The predicted octanol–water partition coefficient (Wildman–Crippen LogP) is 3.42. The molecule has 6 nitrogen and oxygen atoms in total. The third-order valence-electron chi connectivity index (χ3n) is 3.42. The smallest absolute Gasteiger partial charge is 0.341 e. The van der Waals surface area contributed by atoms with Crippen LogP contribution in [0.5, 0.6) is 0 Å². The molecule has 2 rings (SSSR count). The second-order valence-corrected chi connectivity index (χ2v) is 6.32. The van der Waals surface area contributed by atoms with E-state index in [1.165, 1.54) is 19.9 Å². The Morgan fingerprint density at radius 3 is 2.56 bits per heavy atom. The lowest BCUT2D eigenvalue weighted by Crippen LogP contribution is -2.30. The van der Waals surface area contributed by atoms with E-state index >= 15 is 0 Å². The van der Waals surface area contributed by atoms with E-state index in [1.54, 1.807) is 36.4 Å². The first-order chi connectivity index (χ1) is 11.8. The number of anilines is 2. The van der Waals surface area contributed by atoms with Crippen molar-refractivity contribution in [2.75, 3.05) is 11.1 Å². The lowest BCUT2D eigenvalue weighted by Gasteiger charge is -2.14. The van der Waals surface area contributed by atoms with E-state index < -0.39 is 18.0 Å². The van der Waals surface area contributed by atoms with Crippen molar-refractivity contribution in [1.29, 1.82) is 0 Å². The van der Waals surface area contributed by atoms with Crippen molar-refractivity contribution in [1.82, 2.24) is 0 Å². The number of esters is 1. The van der Waals surface area contributed by atoms with Gasteiger partial charge in [0.25, 0.3) is 5.91 Å². The molecule has 0 bridgehead atoms. The maximum Gasteiger partial charge on any atom is 0.341 e. The maximum absolute atomic E-state index is 12.2. The minimum absolute atomic E-state index is 0.110. The molecular weight excluding hydrogens is 388 g/mol. The number of hydrogen-bond donors (Lipinski definition) is 2. The number of hydrogen-bond acceptors (Lipinski definition) is 5. The molecule has 0 saturated heterocycles. The summed E-state index contributed by atoms with van der Waals surface area (Å²) < 4.78 is 5.84. The third kappa shape index (κ3) is 4.90. The fourth-order valence-electron chi connectivity index (χ4n) is 2.04. The first kappa shape index (κ1) is 18.7. The standard InChI is InChI=1S/C18H17BrN2O4/c1-10(22)12-4-3-5-14(8-12)21-17(23)11(2)25-18(24)15-9-13(19)6-7-16(15)20/h3-9,11H,20H2,1-2H3,(H,21,23)/t11-/m1/s1. The zero-order valence-electron chi connectivity index (χ0n) is 13.7. The van der Waals surface area contributed by atoms with Crippen molar-refractivity contribution in [2.24, 2.45) is 0 Å². The summed E-state index contributed by atoms with van der Waals surface area (Å²) in [5, 5.41) is 2.61. The summed E-state index contributed by atoms with van der Waals surface area (Å²) in [6.45, 7) is 2.89. The van der Waals surface area contributed by atoms with Crippen molar-refractivity contribution >= 4 is 45.0 Å².